The van der Waals surface area contributed by atoms with Gasteiger partial charge >= 0.3 is 5.97 Å². The Morgan fingerprint density at radius 3 is 2.44 bits per heavy atom. The molecule has 2 bridgehead atoms. The molecule has 43 heavy (non-hydrogen) atoms. The van der Waals surface area contributed by atoms with Crippen molar-refractivity contribution in [3.63, 3.8) is 0 Å². The van der Waals surface area contributed by atoms with Crippen molar-refractivity contribution in [3.8, 4) is 0 Å². The van der Waals surface area contributed by atoms with Crippen LogP contribution in [0.1, 0.15) is 67.2 Å². The highest BCUT2D eigenvalue weighted by Gasteiger charge is 2.33. The van der Waals surface area contributed by atoms with Crippen LogP contribution < -0.4 is 5.32 Å². The van der Waals surface area contributed by atoms with E-state index in [9.17, 15) is 24.3 Å². The Bertz CT molecular complexity index is 1240. The van der Waals surface area contributed by atoms with Gasteiger partial charge in [-0.1, -0.05) is 45.1 Å². The number of carbonyl (C=O) groups excluding carboxylic acids is 4. The Morgan fingerprint density at radius 1 is 1.12 bits per heavy atom. The molecule has 0 aromatic carbocycles. The van der Waals surface area contributed by atoms with E-state index in [0.717, 1.165) is 31.6 Å². The smallest absolute Gasteiger partial charge is 0.303 e. The molecule has 1 amide bonds. The lowest BCUT2D eigenvalue weighted by molar-refractivity contribution is -0.146. The highest BCUT2D eigenvalue weighted by molar-refractivity contribution is 6.23. The van der Waals surface area contributed by atoms with E-state index in [2.05, 4.69) is 10.2 Å². The molecular formula is C34H48N2O7. The van der Waals surface area contributed by atoms with Crippen LogP contribution in [0.5, 0.6) is 0 Å². The van der Waals surface area contributed by atoms with Crippen molar-refractivity contribution >= 4 is 23.4 Å². The second kappa shape index (κ2) is 15.5. The number of nitrogens with zero attached hydrogens (tertiary/aromatic N) is 1. The molecule has 236 valence electrons. The van der Waals surface area contributed by atoms with E-state index in [1.807, 2.05) is 39.8 Å². The first-order valence-corrected chi connectivity index (χ1v) is 15.3. The van der Waals surface area contributed by atoms with Gasteiger partial charge in [-0.25, -0.2) is 0 Å². The van der Waals surface area contributed by atoms with Gasteiger partial charge in [-0.3, -0.25) is 19.2 Å². The second-order valence-electron chi connectivity index (χ2n) is 12.3. The zero-order valence-electron chi connectivity index (χ0n) is 26.6. The topological polar surface area (TPSA) is 122 Å². The van der Waals surface area contributed by atoms with Gasteiger partial charge in [0, 0.05) is 61.8 Å². The molecule has 1 fully saturated rings. The van der Waals surface area contributed by atoms with Crippen LogP contribution >= 0.6 is 0 Å². The number of amides is 1. The van der Waals surface area contributed by atoms with Crippen LogP contribution in [0, 0.1) is 17.8 Å². The number of hydrogen-bond donors (Lipinski definition) is 2. The van der Waals surface area contributed by atoms with Crippen molar-refractivity contribution in [2.24, 2.45) is 17.8 Å². The number of nitrogens with one attached hydrogen (secondary N) is 1. The first kappa shape index (κ1) is 34.4. The van der Waals surface area contributed by atoms with Gasteiger partial charge in [-0.15, -0.1) is 0 Å². The summed E-state index contributed by atoms with van der Waals surface area (Å²) in [5.41, 5.74) is 2.04. The quantitative estimate of drug-likeness (QED) is 0.204. The number of Topliss-reactive ketones (excluding diaryl/α,β-unsaturated/α-hetero) is 1. The van der Waals surface area contributed by atoms with E-state index in [1.165, 1.54) is 13.0 Å². The van der Waals surface area contributed by atoms with Gasteiger partial charge in [-0.2, -0.15) is 0 Å². The third-order valence-corrected chi connectivity index (χ3v) is 8.42. The maximum atomic E-state index is 13.7. The summed E-state index contributed by atoms with van der Waals surface area (Å²) < 4.78 is 11.4. The lowest BCUT2D eigenvalue weighted by Gasteiger charge is -2.30. The highest BCUT2D eigenvalue weighted by Crippen LogP contribution is 2.31. The fourth-order valence-electron chi connectivity index (χ4n) is 5.81. The number of ether oxygens (including phenoxy) is 2. The van der Waals surface area contributed by atoms with Gasteiger partial charge in [0.05, 0.1) is 17.9 Å². The van der Waals surface area contributed by atoms with E-state index in [0.29, 0.717) is 36.0 Å². The van der Waals surface area contributed by atoms with E-state index >= 15 is 0 Å². The molecule has 9 heteroatoms. The number of hydrogen-bond acceptors (Lipinski definition) is 8. The molecular weight excluding hydrogens is 548 g/mol. The summed E-state index contributed by atoms with van der Waals surface area (Å²) in [6.07, 6.45) is 8.36. The predicted molar refractivity (Wildman–Crippen MR) is 165 cm³/mol. The lowest BCUT2D eigenvalue weighted by atomic mass is 9.82. The number of fused-ring (bicyclic) bond motifs is 2. The first-order valence-electron chi connectivity index (χ1n) is 15.3. The van der Waals surface area contributed by atoms with Crippen LogP contribution in [-0.4, -0.2) is 78.5 Å². The molecule has 1 saturated heterocycles. The average Bonchev–Trinajstić information content (AvgIpc) is 3.77. The van der Waals surface area contributed by atoms with E-state index in [1.54, 1.807) is 26.2 Å². The van der Waals surface area contributed by atoms with Gasteiger partial charge in [0.15, 0.2) is 5.78 Å². The van der Waals surface area contributed by atoms with Crippen LogP contribution in [0.15, 0.2) is 58.4 Å². The Hall–Kier alpha value is -3.14. The summed E-state index contributed by atoms with van der Waals surface area (Å²) in [6.45, 7) is 13.6. The molecule has 1 aliphatic carbocycles. The summed E-state index contributed by atoms with van der Waals surface area (Å²) in [5.74, 6) is -2.17. The largest absolute Gasteiger partial charge is 0.457 e. The Labute approximate surface area is 255 Å². The molecule has 0 aromatic rings. The molecule has 0 aromatic heterocycles. The van der Waals surface area contributed by atoms with Crippen molar-refractivity contribution < 1.29 is 33.8 Å². The van der Waals surface area contributed by atoms with E-state index in [4.69, 9.17) is 9.47 Å². The monoisotopic (exact) mass is 596 g/mol. The number of allylic oxidation sites excluding steroid dienone is 5. The second-order valence-corrected chi connectivity index (χ2v) is 12.3. The molecule has 0 spiro atoms. The maximum Gasteiger partial charge on any atom is 0.303 e. The van der Waals surface area contributed by atoms with Crippen molar-refractivity contribution in [3.05, 3.63) is 58.4 Å². The molecule has 3 aliphatic rings. The average molecular weight is 597 g/mol. The fraction of sp³-hybridized carbons (Fsp3) is 0.588. The molecule has 0 unspecified atom stereocenters. The van der Waals surface area contributed by atoms with Crippen LogP contribution in [0.25, 0.3) is 0 Å². The summed E-state index contributed by atoms with van der Waals surface area (Å²) in [7, 11) is 1.55. The summed E-state index contributed by atoms with van der Waals surface area (Å²) in [5, 5.41) is 14.0. The molecule has 2 aliphatic heterocycles. The lowest BCUT2D eigenvalue weighted by Crippen LogP contribution is -2.36. The van der Waals surface area contributed by atoms with Gasteiger partial charge in [0.25, 0.3) is 5.91 Å². The third-order valence-electron chi connectivity index (χ3n) is 8.42. The summed E-state index contributed by atoms with van der Waals surface area (Å²) >= 11 is 0. The van der Waals surface area contributed by atoms with Crippen molar-refractivity contribution in [2.45, 2.75) is 85.5 Å². The minimum Gasteiger partial charge on any atom is -0.457 e. The third kappa shape index (κ3) is 9.68. The van der Waals surface area contributed by atoms with E-state index < -0.39 is 30.2 Å². The van der Waals surface area contributed by atoms with Crippen molar-refractivity contribution in [1.82, 2.24) is 10.2 Å². The number of aliphatic hydroxyl groups is 1. The highest BCUT2D eigenvalue weighted by atomic mass is 16.5. The Morgan fingerprint density at radius 2 is 1.81 bits per heavy atom. The van der Waals surface area contributed by atoms with Crippen LogP contribution in [0.3, 0.4) is 0 Å². The molecule has 0 saturated carbocycles. The van der Waals surface area contributed by atoms with Crippen LogP contribution in [-0.2, 0) is 28.7 Å². The predicted octanol–water partition coefficient (Wildman–Crippen LogP) is 3.99. The molecule has 2 heterocycles. The molecule has 3 rings (SSSR count). The number of ketones is 2. The van der Waals surface area contributed by atoms with Crippen LogP contribution in [0.4, 0.5) is 0 Å². The number of methoxy groups -OCH3 is 1. The standard InChI is InChI=1S/C34H48N2O7/c1-20-16-27-26(12-9-13-36-14-15-36)29(38)19-28(32(27)40)35-34(41)22(3)11-8-10-21(2)33(43-25(6)37)24(5)18-23(4)31(39)30(17-20)42-7/h8,10-11,18-21,23,30-31,33,39H,9,12-17H2,1-7H3,(H,35,41)/b10-8-,22-11+,24-18+/t20-,21+,23+,30+,31-,33-/m1/s1. The zero-order chi connectivity index (χ0) is 31.8. The van der Waals surface area contributed by atoms with Gasteiger partial charge < -0.3 is 24.8 Å². The number of aliphatic hydroxyl groups excluding tert-OH is 1. The number of carbonyl (C=O) groups is 4. The van der Waals surface area contributed by atoms with Gasteiger partial charge in [0.1, 0.15) is 6.10 Å². The summed E-state index contributed by atoms with van der Waals surface area (Å²) in [6, 6.07) is 0. The Kier molecular flexibility index (Phi) is 12.4. The van der Waals surface area contributed by atoms with Gasteiger partial charge in [0.2, 0.25) is 5.78 Å². The molecule has 0 radical (unpaired) electrons. The molecule has 6 atom stereocenters. The zero-order valence-corrected chi connectivity index (χ0v) is 26.6. The maximum absolute atomic E-state index is 13.7. The van der Waals surface area contributed by atoms with E-state index in [-0.39, 0.29) is 35.0 Å². The summed E-state index contributed by atoms with van der Waals surface area (Å²) in [4.78, 5) is 54.3. The molecule has 9 nitrogen and oxygen atoms in total. The Balaban J connectivity index is 2.00. The minimum absolute atomic E-state index is 0.0263. The van der Waals surface area contributed by atoms with Gasteiger partial charge in [-0.05, 0) is 57.6 Å². The SMILES string of the molecule is CO[C@H]1C[C@H](C)CC2=C(CCCN3CC3)C(=O)C=C(NC(=O)/C(C)=C/C=C\[C@H](C)[C@@H](OC(C)=O)/C(C)=C/[C@H](C)[C@H]1O)C2=O. The number of rotatable bonds is 6. The fourth-order valence-corrected chi connectivity index (χ4v) is 5.81. The number of esters is 1. The van der Waals surface area contributed by atoms with Crippen LogP contribution in [0.2, 0.25) is 0 Å². The molecule has 2 N–H and O–H groups in total. The van der Waals surface area contributed by atoms with Crippen molar-refractivity contribution in [2.75, 3.05) is 26.7 Å². The normalized spacial score (nSPS) is 33.1. The van der Waals surface area contributed by atoms with Crippen molar-refractivity contribution in [1.29, 1.82) is 0 Å². The minimum atomic E-state index is -0.863. The first-order chi connectivity index (χ1) is 20.3.